The number of rotatable bonds is 2. The number of aromatic nitrogens is 3. The van der Waals surface area contributed by atoms with Crippen molar-refractivity contribution in [3.63, 3.8) is 0 Å². The molecule has 1 unspecified atom stereocenters. The zero-order chi connectivity index (χ0) is 11.1. The quantitative estimate of drug-likeness (QED) is 0.855. The number of imidazole rings is 1. The van der Waals surface area contributed by atoms with Crippen molar-refractivity contribution in [2.75, 3.05) is 0 Å². The van der Waals surface area contributed by atoms with Gasteiger partial charge in [0, 0.05) is 11.9 Å². The van der Waals surface area contributed by atoms with Crippen molar-refractivity contribution in [1.82, 2.24) is 14.5 Å². The van der Waals surface area contributed by atoms with E-state index in [-0.39, 0.29) is 6.04 Å². The molecule has 0 bridgehead atoms. The molecule has 0 aromatic carbocycles. The highest BCUT2D eigenvalue weighted by atomic mass is 32.1. The van der Waals surface area contributed by atoms with Gasteiger partial charge in [0.1, 0.15) is 5.01 Å². The lowest BCUT2D eigenvalue weighted by molar-refractivity contribution is 0.736. The van der Waals surface area contributed by atoms with Crippen molar-refractivity contribution in [2.24, 2.45) is 12.8 Å². The minimum Gasteiger partial charge on any atom is -0.336 e. The molecular weight excluding hydrogens is 220 g/mol. The van der Waals surface area contributed by atoms with Gasteiger partial charge < -0.3 is 10.3 Å². The Balaban J connectivity index is 1.95. The van der Waals surface area contributed by atoms with E-state index in [1.54, 1.807) is 17.7 Å². The van der Waals surface area contributed by atoms with Crippen LogP contribution in [0.3, 0.4) is 0 Å². The van der Waals surface area contributed by atoms with Gasteiger partial charge in [-0.1, -0.05) is 0 Å². The van der Waals surface area contributed by atoms with Crippen molar-refractivity contribution in [3.05, 3.63) is 33.8 Å². The molecule has 5 heteroatoms. The summed E-state index contributed by atoms with van der Waals surface area (Å²) in [6.07, 6.45) is 7.12. The highest BCUT2D eigenvalue weighted by Gasteiger charge is 2.22. The molecule has 1 atom stereocenters. The van der Waals surface area contributed by atoms with Gasteiger partial charge in [0.2, 0.25) is 0 Å². The minimum absolute atomic E-state index is 0.136. The fourth-order valence-electron chi connectivity index (χ4n) is 2.14. The van der Waals surface area contributed by atoms with Crippen LogP contribution in [0.5, 0.6) is 0 Å². The first-order valence-corrected chi connectivity index (χ1v) is 6.27. The second-order valence-corrected chi connectivity index (χ2v) is 5.30. The average Bonchev–Trinajstić information content (AvgIpc) is 2.89. The Bertz CT molecular complexity index is 492. The summed E-state index contributed by atoms with van der Waals surface area (Å²) < 4.78 is 1.96. The van der Waals surface area contributed by atoms with Crippen LogP contribution in [0.4, 0.5) is 0 Å². The lowest BCUT2D eigenvalue weighted by Crippen LogP contribution is -2.15. The van der Waals surface area contributed by atoms with Gasteiger partial charge in [0.05, 0.1) is 30.0 Å². The topological polar surface area (TPSA) is 56.7 Å². The third-order valence-electron chi connectivity index (χ3n) is 3.05. The van der Waals surface area contributed by atoms with Gasteiger partial charge in [-0.3, -0.25) is 0 Å². The first-order valence-electron chi connectivity index (χ1n) is 5.46. The summed E-state index contributed by atoms with van der Waals surface area (Å²) in [5.74, 6) is 0. The monoisotopic (exact) mass is 234 g/mol. The zero-order valence-corrected chi connectivity index (χ0v) is 10.00. The maximum Gasteiger partial charge on any atom is 0.116 e. The van der Waals surface area contributed by atoms with Gasteiger partial charge in [0.15, 0.2) is 0 Å². The maximum atomic E-state index is 6.21. The molecule has 1 aliphatic rings. The van der Waals surface area contributed by atoms with E-state index < -0.39 is 0 Å². The molecule has 3 rings (SSSR count). The summed E-state index contributed by atoms with van der Waals surface area (Å²) in [7, 11) is 1.96. The predicted octanol–water partition coefficient (Wildman–Crippen LogP) is 1.41. The largest absolute Gasteiger partial charge is 0.336 e. The number of nitrogens with zero attached hydrogens (tertiary/aromatic N) is 3. The Morgan fingerprint density at radius 3 is 3.06 bits per heavy atom. The zero-order valence-electron chi connectivity index (χ0n) is 9.18. The normalized spacial score (nSPS) is 16.4. The van der Waals surface area contributed by atoms with E-state index in [0.717, 1.165) is 17.1 Å². The number of hydrogen-bond donors (Lipinski definition) is 1. The molecule has 1 aliphatic carbocycles. The average molecular weight is 234 g/mol. The molecule has 16 heavy (non-hydrogen) atoms. The molecule has 0 aliphatic heterocycles. The Kier molecular flexibility index (Phi) is 2.29. The minimum atomic E-state index is -0.136. The summed E-state index contributed by atoms with van der Waals surface area (Å²) in [6, 6.07) is -0.136. The van der Waals surface area contributed by atoms with E-state index >= 15 is 0 Å². The van der Waals surface area contributed by atoms with E-state index in [4.69, 9.17) is 5.73 Å². The Morgan fingerprint density at radius 2 is 2.38 bits per heavy atom. The summed E-state index contributed by atoms with van der Waals surface area (Å²) in [6.45, 7) is 0. The second-order valence-electron chi connectivity index (χ2n) is 4.18. The SMILES string of the molecule is Cn1cncc1C(N)c1nc2c(s1)CCC2. The maximum absolute atomic E-state index is 6.21. The van der Waals surface area contributed by atoms with Gasteiger partial charge in [0.25, 0.3) is 0 Å². The van der Waals surface area contributed by atoms with E-state index in [1.165, 1.54) is 23.4 Å². The third-order valence-corrected chi connectivity index (χ3v) is 4.29. The number of fused-ring (bicyclic) bond motifs is 1. The molecule has 4 nitrogen and oxygen atoms in total. The van der Waals surface area contributed by atoms with E-state index in [2.05, 4.69) is 9.97 Å². The summed E-state index contributed by atoms with van der Waals surface area (Å²) >= 11 is 1.76. The molecule has 0 radical (unpaired) electrons. The molecule has 2 aromatic heterocycles. The van der Waals surface area contributed by atoms with Crippen LogP contribution in [-0.4, -0.2) is 14.5 Å². The van der Waals surface area contributed by atoms with Crippen LogP contribution in [0.15, 0.2) is 12.5 Å². The molecule has 84 valence electrons. The molecule has 2 heterocycles. The lowest BCUT2D eigenvalue weighted by Gasteiger charge is -2.08. The first-order chi connectivity index (χ1) is 7.75. The van der Waals surface area contributed by atoms with Gasteiger partial charge >= 0.3 is 0 Å². The van der Waals surface area contributed by atoms with E-state index in [0.29, 0.717) is 0 Å². The number of aryl methyl sites for hydroxylation is 3. The highest BCUT2D eigenvalue weighted by molar-refractivity contribution is 7.11. The number of thiazole rings is 1. The highest BCUT2D eigenvalue weighted by Crippen LogP contribution is 2.31. The fraction of sp³-hybridized carbons (Fsp3) is 0.455. The van der Waals surface area contributed by atoms with Gasteiger partial charge in [-0.25, -0.2) is 9.97 Å². The fourth-order valence-corrected chi connectivity index (χ4v) is 3.30. The van der Waals surface area contributed by atoms with Crippen molar-refractivity contribution >= 4 is 11.3 Å². The summed E-state index contributed by atoms with van der Waals surface area (Å²) in [5, 5.41) is 1.02. The molecule has 0 amide bonds. The Labute approximate surface area is 98.1 Å². The van der Waals surface area contributed by atoms with Crippen molar-refractivity contribution in [2.45, 2.75) is 25.3 Å². The van der Waals surface area contributed by atoms with Crippen molar-refractivity contribution in [3.8, 4) is 0 Å². The molecule has 0 fully saturated rings. The smallest absolute Gasteiger partial charge is 0.116 e. The molecule has 0 spiro atoms. The van der Waals surface area contributed by atoms with Crippen LogP contribution in [0.1, 0.15) is 33.7 Å². The van der Waals surface area contributed by atoms with Crippen LogP contribution in [0.2, 0.25) is 0 Å². The second kappa shape index (κ2) is 3.68. The summed E-state index contributed by atoms with van der Waals surface area (Å²) in [4.78, 5) is 10.2. The van der Waals surface area contributed by atoms with Gasteiger partial charge in [-0.15, -0.1) is 11.3 Å². The number of hydrogen-bond acceptors (Lipinski definition) is 4. The molecule has 0 saturated heterocycles. The molecular formula is C11H14N4S. The van der Waals surface area contributed by atoms with Crippen LogP contribution in [-0.2, 0) is 19.9 Å². The van der Waals surface area contributed by atoms with Crippen LogP contribution >= 0.6 is 11.3 Å². The van der Waals surface area contributed by atoms with Crippen molar-refractivity contribution < 1.29 is 0 Å². The van der Waals surface area contributed by atoms with E-state index in [9.17, 15) is 0 Å². The Morgan fingerprint density at radius 1 is 1.50 bits per heavy atom. The lowest BCUT2D eigenvalue weighted by atomic mass is 10.2. The molecule has 2 aromatic rings. The van der Waals surface area contributed by atoms with Crippen LogP contribution in [0.25, 0.3) is 0 Å². The van der Waals surface area contributed by atoms with Crippen LogP contribution < -0.4 is 5.73 Å². The molecule has 0 saturated carbocycles. The third kappa shape index (κ3) is 1.47. The molecule has 2 N–H and O–H groups in total. The van der Waals surface area contributed by atoms with Crippen molar-refractivity contribution in [1.29, 1.82) is 0 Å². The Hall–Kier alpha value is -1.20. The van der Waals surface area contributed by atoms with Gasteiger partial charge in [-0.05, 0) is 19.3 Å². The standard InChI is InChI=1S/C11H14N4S/c1-15-6-13-5-8(15)10(12)11-14-7-3-2-4-9(7)16-11/h5-6,10H,2-4,12H2,1H3. The predicted molar refractivity (Wildman–Crippen MR) is 63.4 cm³/mol. The first kappa shape index (κ1) is 9.99. The van der Waals surface area contributed by atoms with Gasteiger partial charge in [-0.2, -0.15) is 0 Å². The van der Waals surface area contributed by atoms with Crippen LogP contribution in [0, 0.1) is 0 Å². The summed E-state index contributed by atoms with van der Waals surface area (Å²) in [5.41, 5.74) is 8.49. The van der Waals surface area contributed by atoms with E-state index in [1.807, 2.05) is 17.8 Å². The number of nitrogens with two attached hydrogens (primary N) is 1.